The Morgan fingerprint density at radius 1 is 1.19 bits per heavy atom. The van der Waals surface area contributed by atoms with E-state index in [0.717, 1.165) is 25.1 Å². The van der Waals surface area contributed by atoms with Gasteiger partial charge < -0.3 is 20.3 Å². The van der Waals surface area contributed by atoms with Gasteiger partial charge in [-0.25, -0.2) is 4.39 Å². The Hall–Kier alpha value is -2.93. The van der Waals surface area contributed by atoms with Crippen LogP contribution < -0.4 is 10.6 Å². The van der Waals surface area contributed by atoms with E-state index in [2.05, 4.69) is 27.8 Å². The van der Waals surface area contributed by atoms with Crippen molar-refractivity contribution in [1.29, 1.82) is 0 Å². The summed E-state index contributed by atoms with van der Waals surface area (Å²) in [6, 6.07) is 15.2. The molecule has 166 valence electrons. The molecular weight excluding hydrogens is 395 g/mol. The highest BCUT2D eigenvalue weighted by Gasteiger charge is 2.29. The molecule has 1 aliphatic heterocycles. The first-order valence-electron chi connectivity index (χ1n) is 10.6. The molecule has 1 atom stereocenters. The first-order chi connectivity index (χ1) is 15.1. The van der Waals surface area contributed by atoms with Crippen molar-refractivity contribution in [3.8, 4) is 0 Å². The van der Waals surface area contributed by atoms with Crippen molar-refractivity contribution in [1.82, 2.24) is 15.5 Å². The van der Waals surface area contributed by atoms with E-state index >= 15 is 0 Å². The van der Waals surface area contributed by atoms with Crippen LogP contribution in [0, 0.1) is 11.7 Å². The summed E-state index contributed by atoms with van der Waals surface area (Å²) >= 11 is 0. The number of amides is 1. The number of benzene rings is 2. The van der Waals surface area contributed by atoms with E-state index in [9.17, 15) is 9.18 Å². The quantitative estimate of drug-likeness (QED) is 0.478. The molecule has 0 aliphatic carbocycles. The lowest BCUT2D eigenvalue weighted by molar-refractivity contribution is -0.127. The Bertz CT molecular complexity index is 888. The number of rotatable bonds is 9. The van der Waals surface area contributed by atoms with Crippen LogP contribution in [0.5, 0.6) is 0 Å². The molecular formula is C24H31FN4O2. The van der Waals surface area contributed by atoms with E-state index in [4.69, 9.17) is 4.74 Å². The lowest BCUT2D eigenvalue weighted by Crippen LogP contribution is -2.40. The number of carbonyl (C=O) groups excluding carboxylic acids is 1. The minimum absolute atomic E-state index is 0.211. The molecule has 0 spiro atoms. The topological polar surface area (TPSA) is 66.0 Å². The van der Waals surface area contributed by atoms with Crippen LogP contribution in [0.1, 0.15) is 23.1 Å². The fraction of sp³-hybridized carbons (Fsp3) is 0.417. The number of nitrogens with zero attached hydrogens (tertiary/aromatic N) is 2. The van der Waals surface area contributed by atoms with Gasteiger partial charge in [0.15, 0.2) is 5.96 Å². The number of likely N-dealkylation sites (tertiary alicyclic amines) is 1. The second kappa shape index (κ2) is 11.5. The summed E-state index contributed by atoms with van der Waals surface area (Å²) in [6.45, 7) is 2.94. The molecule has 7 heteroatoms. The highest BCUT2D eigenvalue weighted by atomic mass is 19.1. The zero-order valence-electron chi connectivity index (χ0n) is 18.2. The van der Waals surface area contributed by atoms with Crippen molar-refractivity contribution in [3.63, 3.8) is 0 Å². The fourth-order valence-electron chi connectivity index (χ4n) is 3.77. The molecule has 1 amide bonds. The van der Waals surface area contributed by atoms with Gasteiger partial charge in [0.1, 0.15) is 5.82 Å². The third-order valence-corrected chi connectivity index (χ3v) is 5.46. The van der Waals surface area contributed by atoms with Crippen molar-refractivity contribution in [2.24, 2.45) is 10.9 Å². The maximum atomic E-state index is 13.8. The number of guanidine groups is 1. The van der Waals surface area contributed by atoms with Gasteiger partial charge in [-0.3, -0.25) is 9.79 Å². The van der Waals surface area contributed by atoms with Gasteiger partial charge in [0.05, 0.1) is 6.61 Å². The fourth-order valence-corrected chi connectivity index (χ4v) is 3.77. The number of nitrogens with one attached hydrogen (secondary N) is 2. The Morgan fingerprint density at radius 2 is 2.00 bits per heavy atom. The number of hydrogen-bond donors (Lipinski definition) is 2. The molecule has 1 unspecified atom stereocenters. The molecule has 3 rings (SSSR count). The first-order valence-corrected chi connectivity index (χ1v) is 10.6. The zero-order valence-corrected chi connectivity index (χ0v) is 18.2. The van der Waals surface area contributed by atoms with Crippen molar-refractivity contribution in [3.05, 3.63) is 71.0 Å². The minimum atomic E-state index is -0.268. The maximum Gasteiger partial charge on any atom is 0.223 e. The van der Waals surface area contributed by atoms with Gasteiger partial charge in [-0.1, -0.05) is 36.4 Å². The molecule has 1 saturated heterocycles. The first kappa shape index (κ1) is 22.7. The average molecular weight is 427 g/mol. The summed E-state index contributed by atoms with van der Waals surface area (Å²) in [4.78, 5) is 18.6. The SMILES string of the molecule is CN=C(NCc1ccc(F)c(COC)c1)NCC1CC(=O)N(CCc2ccccc2)C1. The van der Waals surface area contributed by atoms with Gasteiger partial charge in [-0.15, -0.1) is 0 Å². The van der Waals surface area contributed by atoms with Crippen molar-refractivity contribution < 1.29 is 13.9 Å². The van der Waals surface area contributed by atoms with E-state index in [-0.39, 0.29) is 24.2 Å². The summed E-state index contributed by atoms with van der Waals surface area (Å²) in [6.07, 6.45) is 1.43. The zero-order chi connectivity index (χ0) is 22.1. The standard InChI is InChI=1S/C24H31FN4O2/c1-26-24(27-14-19-8-9-22(25)21(12-19)17-31-2)28-15-20-13-23(30)29(16-20)11-10-18-6-4-3-5-7-18/h3-9,12,20H,10-11,13-17H2,1-2H3,(H2,26,27,28). The van der Waals surface area contributed by atoms with Gasteiger partial charge >= 0.3 is 0 Å². The van der Waals surface area contributed by atoms with E-state index < -0.39 is 0 Å². The van der Waals surface area contributed by atoms with E-state index in [1.165, 1.54) is 11.6 Å². The van der Waals surface area contributed by atoms with Crippen LogP contribution in [0.2, 0.25) is 0 Å². The molecule has 2 N–H and O–H groups in total. The number of aliphatic imine (C=N–C) groups is 1. The molecule has 0 bridgehead atoms. The molecule has 1 fully saturated rings. The van der Waals surface area contributed by atoms with Gasteiger partial charge in [-0.05, 0) is 29.7 Å². The van der Waals surface area contributed by atoms with Crippen LogP contribution in [0.15, 0.2) is 53.5 Å². The summed E-state index contributed by atoms with van der Waals surface area (Å²) in [5.74, 6) is 0.854. The molecule has 0 aromatic heterocycles. The highest BCUT2D eigenvalue weighted by molar-refractivity contribution is 5.80. The lowest BCUT2D eigenvalue weighted by atomic mass is 10.1. The van der Waals surface area contributed by atoms with E-state index in [0.29, 0.717) is 31.0 Å². The Morgan fingerprint density at radius 3 is 2.74 bits per heavy atom. The number of ether oxygens (including phenoxy) is 1. The number of methoxy groups -OCH3 is 1. The van der Waals surface area contributed by atoms with Crippen LogP contribution in [0.3, 0.4) is 0 Å². The number of halogens is 1. The Balaban J connectivity index is 1.43. The maximum absolute atomic E-state index is 13.8. The molecule has 31 heavy (non-hydrogen) atoms. The third kappa shape index (κ3) is 6.79. The molecule has 2 aromatic rings. The third-order valence-electron chi connectivity index (χ3n) is 5.46. The van der Waals surface area contributed by atoms with Crippen LogP contribution >= 0.6 is 0 Å². The van der Waals surface area contributed by atoms with Crippen molar-refractivity contribution >= 4 is 11.9 Å². The van der Waals surface area contributed by atoms with Gasteiger partial charge in [-0.2, -0.15) is 0 Å². The van der Waals surface area contributed by atoms with E-state index in [1.54, 1.807) is 26.3 Å². The lowest BCUT2D eigenvalue weighted by Gasteiger charge is -2.18. The number of hydrogen-bond acceptors (Lipinski definition) is 3. The van der Waals surface area contributed by atoms with Crippen LogP contribution in [-0.2, 0) is 29.1 Å². The summed E-state index contributed by atoms with van der Waals surface area (Å²) in [5, 5.41) is 6.55. The monoisotopic (exact) mass is 426 g/mol. The van der Waals surface area contributed by atoms with Crippen molar-refractivity contribution in [2.75, 3.05) is 33.8 Å². The molecule has 0 radical (unpaired) electrons. The summed E-state index contributed by atoms with van der Waals surface area (Å²) in [7, 11) is 3.26. The van der Waals surface area contributed by atoms with Crippen molar-refractivity contribution in [2.45, 2.75) is 26.0 Å². The molecule has 1 heterocycles. The van der Waals surface area contributed by atoms with Crippen LogP contribution in [0.4, 0.5) is 4.39 Å². The van der Waals surface area contributed by atoms with Crippen LogP contribution in [-0.4, -0.2) is 50.6 Å². The highest BCUT2D eigenvalue weighted by Crippen LogP contribution is 2.17. The van der Waals surface area contributed by atoms with Gasteiger partial charge in [0.2, 0.25) is 5.91 Å². The molecule has 2 aromatic carbocycles. The summed E-state index contributed by atoms with van der Waals surface area (Å²) < 4.78 is 18.8. The van der Waals surface area contributed by atoms with E-state index in [1.807, 2.05) is 23.1 Å². The Kier molecular flexibility index (Phi) is 8.41. The predicted molar refractivity (Wildman–Crippen MR) is 120 cm³/mol. The second-order valence-electron chi connectivity index (χ2n) is 7.81. The smallest absolute Gasteiger partial charge is 0.223 e. The van der Waals surface area contributed by atoms with Gasteiger partial charge in [0, 0.05) is 58.2 Å². The second-order valence-corrected chi connectivity index (χ2v) is 7.81. The number of carbonyl (C=O) groups is 1. The minimum Gasteiger partial charge on any atom is -0.380 e. The largest absolute Gasteiger partial charge is 0.380 e. The van der Waals surface area contributed by atoms with Crippen LogP contribution in [0.25, 0.3) is 0 Å². The predicted octanol–water partition coefficient (Wildman–Crippen LogP) is 2.73. The summed E-state index contributed by atoms with van der Waals surface area (Å²) in [5.41, 5.74) is 2.72. The molecule has 0 saturated carbocycles. The van der Waals surface area contributed by atoms with Gasteiger partial charge in [0.25, 0.3) is 0 Å². The Labute approximate surface area is 183 Å². The molecule has 1 aliphatic rings. The average Bonchev–Trinajstić information content (AvgIpc) is 3.14. The molecule has 6 nitrogen and oxygen atoms in total. The normalized spacial score (nSPS) is 16.6.